The Hall–Kier alpha value is -1.54. The van der Waals surface area contributed by atoms with Crippen LogP contribution in [0.4, 0.5) is 0 Å². The van der Waals surface area contributed by atoms with E-state index in [9.17, 15) is 56.2 Å². The Bertz CT molecular complexity index is 2170. The van der Waals surface area contributed by atoms with Crippen LogP contribution in [0.25, 0.3) is 0 Å². The quantitative estimate of drug-likeness (QED) is 0.0582. The largest absolute Gasteiger partial charge is 0.394 e. The van der Waals surface area contributed by atoms with Crippen molar-refractivity contribution in [3.63, 3.8) is 0 Å². The average Bonchev–Trinajstić information content (AvgIpc) is 1.74. The molecule has 5 aliphatic heterocycles. The van der Waals surface area contributed by atoms with Crippen molar-refractivity contribution in [2.24, 2.45) is 45.3 Å². The molecule has 83 heavy (non-hydrogen) atoms. The first-order valence-electron chi connectivity index (χ1n) is 31.3. The Labute approximate surface area is 490 Å². The van der Waals surface area contributed by atoms with E-state index >= 15 is 0 Å². The number of hydrogen-bond donors (Lipinski definition) is 11. The van der Waals surface area contributed by atoms with Crippen LogP contribution in [0.1, 0.15) is 158 Å². The molecule has 5 saturated heterocycles. The van der Waals surface area contributed by atoms with Gasteiger partial charge in [-0.05, 0) is 106 Å². The van der Waals surface area contributed by atoms with Gasteiger partial charge in [-0.3, -0.25) is 0 Å². The van der Waals surface area contributed by atoms with E-state index in [4.69, 9.17) is 53.8 Å². The fourth-order valence-electron chi connectivity index (χ4n) is 17.1. The highest BCUT2D eigenvalue weighted by Gasteiger charge is 2.69. The van der Waals surface area contributed by atoms with E-state index in [1.165, 1.54) is 5.57 Å². The molecule has 4 aliphatic carbocycles. The predicted octanol–water partition coefficient (Wildman–Crippen LogP) is 2.83. The molecule has 9 rings (SSSR count). The summed E-state index contributed by atoms with van der Waals surface area (Å²) < 4.78 is 62.1. The first kappa shape index (κ1) is 65.9. The lowest BCUT2D eigenvalue weighted by atomic mass is 9.38. The van der Waals surface area contributed by atoms with Crippen LogP contribution in [0.15, 0.2) is 11.6 Å². The molecule has 0 amide bonds. The summed E-state index contributed by atoms with van der Waals surface area (Å²) in [6.07, 6.45) is 0.571. The summed E-state index contributed by atoms with van der Waals surface area (Å²) in [6.45, 7) is 13.7. The highest BCUT2D eigenvalue weighted by atomic mass is 16.8. The number of terminal acetylenes is 1. The SMILES string of the molecule is C#C[C@@]12CCC([C@H](CC)CC[C@@H](O[C@@H]3O[C@H](CO[C@H]4O[C@H](CO)[C@@H](O)C[C@H]4O)C[C@H](O)C3O[C@H]3C[C@@H](O)C[C@@H](CO)O3)C(C)(C)O)[C@@]1(C)CC[C@@]1(C)C3CC[C@H](O[C@H]4C[C@@H](O)C[C@@H](CO[C@H]5O[C@H](CO)[C@@H](O)C[C@H]5O)O4)C(C)(C)C3=CCC12. The third-order valence-corrected chi connectivity index (χ3v) is 21.8. The van der Waals surface area contributed by atoms with Crippen LogP contribution in [0.3, 0.4) is 0 Å². The highest BCUT2D eigenvalue weighted by Crippen LogP contribution is 2.75. The second-order valence-corrected chi connectivity index (χ2v) is 27.8. The number of allylic oxidation sites excluding steroid dienone is 1. The Morgan fingerprint density at radius 3 is 1.82 bits per heavy atom. The van der Waals surface area contributed by atoms with Gasteiger partial charge < -0.3 is 104 Å². The number of rotatable bonds is 21. The van der Waals surface area contributed by atoms with E-state index in [1.807, 2.05) is 0 Å². The van der Waals surface area contributed by atoms with E-state index in [-0.39, 0.29) is 97.4 Å². The van der Waals surface area contributed by atoms with Crippen molar-refractivity contribution in [3.05, 3.63) is 11.6 Å². The minimum Gasteiger partial charge on any atom is -0.394 e. The van der Waals surface area contributed by atoms with Crippen LogP contribution in [-0.4, -0.2) is 218 Å². The summed E-state index contributed by atoms with van der Waals surface area (Å²) >= 11 is 0. The normalized spacial score (nSPS) is 47.3. The zero-order chi connectivity index (χ0) is 60.0. The van der Waals surface area contributed by atoms with Gasteiger partial charge in [-0.15, -0.1) is 6.42 Å². The second kappa shape index (κ2) is 26.9. The molecule has 9 aliphatic rings. The Balaban J connectivity index is 0.865. The van der Waals surface area contributed by atoms with Gasteiger partial charge in [-0.2, -0.15) is 0 Å². The minimum atomic E-state index is -1.39. The summed E-state index contributed by atoms with van der Waals surface area (Å²) in [5.74, 6) is 4.61. The van der Waals surface area contributed by atoms with Gasteiger partial charge in [-0.1, -0.05) is 58.6 Å². The molecule has 0 spiro atoms. The second-order valence-electron chi connectivity index (χ2n) is 27.8. The van der Waals surface area contributed by atoms with E-state index in [1.54, 1.807) is 13.8 Å². The molecule has 21 heteroatoms. The molecule has 21 nitrogen and oxygen atoms in total. The van der Waals surface area contributed by atoms with Gasteiger partial charge in [0.15, 0.2) is 31.5 Å². The highest BCUT2D eigenvalue weighted by molar-refractivity contribution is 5.34. The van der Waals surface area contributed by atoms with Gasteiger partial charge in [-0.25, -0.2) is 0 Å². The molecule has 0 radical (unpaired) electrons. The molecule has 0 aromatic rings. The van der Waals surface area contributed by atoms with Crippen LogP contribution in [0, 0.1) is 57.7 Å². The Kier molecular flexibility index (Phi) is 21.3. The van der Waals surface area contributed by atoms with Crippen molar-refractivity contribution < 1.29 is 104 Å². The van der Waals surface area contributed by atoms with Crippen LogP contribution < -0.4 is 0 Å². The minimum absolute atomic E-state index is 0.00916. The summed E-state index contributed by atoms with van der Waals surface area (Å²) in [5, 5.41) is 116. The molecule has 27 atom stereocenters. The van der Waals surface area contributed by atoms with Crippen molar-refractivity contribution in [2.75, 3.05) is 33.0 Å². The zero-order valence-corrected chi connectivity index (χ0v) is 50.1. The van der Waals surface area contributed by atoms with Crippen LogP contribution >= 0.6 is 0 Å². The third kappa shape index (κ3) is 13.7. The lowest BCUT2D eigenvalue weighted by molar-refractivity contribution is -0.347. The number of hydrogen-bond acceptors (Lipinski definition) is 21. The predicted molar refractivity (Wildman–Crippen MR) is 297 cm³/mol. The van der Waals surface area contributed by atoms with Crippen molar-refractivity contribution >= 4 is 0 Å². The molecule has 0 aromatic heterocycles. The maximum absolute atomic E-state index is 11.9. The maximum Gasteiger partial charge on any atom is 0.187 e. The van der Waals surface area contributed by atoms with Gasteiger partial charge in [0, 0.05) is 55.8 Å². The topological polar surface area (TPSA) is 315 Å². The van der Waals surface area contributed by atoms with Crippen LogP contribution in [0.2, 0.25) is 0 Å². The molecule has 0 aromatic carbocycles. The lowest BCUT2D eigenvalue weighted by Crippen LogP contribution is -2.60. The zero-order valence-electron chi connectivity index (χ0n) is 50.1. The number of aliphatic hydroxyl groups is 11. The first-order chi connectivity index (χ1) is 39.3. The average molecular weight is 1180 g/mol. The van der Waals surface area contributed by atoms with Gasteiger partial charge in [0.25, 0.3) is 0 Å². The van der Waals surface area contributed by atoms with Gasteiger partial charge in [0.05, 0.1) is 99.7 Å². The third-order valence-electron chi connectivity index (χ3n) is 21.8. The fraction of sp³-hybridized carbons (Fsp3) is 0.935. The van der Waals surface area contributed by atoms with E-state index in [0.717, 1.165) is 51.4 Å². The summed E-state index contributed by atoms with van der Waals surface area (Å²) in [5.41, 5.74) is -0.940. The maximum atomic E-state index is 11.9. The van der Waals surface area contributed by atoms with Gasteiger partial charge in [0.2, 0.25) is 0 Å². The monoisotopic (exact) mass is 1180 g/mol. The standard InChI is InChI=1S/C62H102O21/c1-9-33(11-15-51(59(5,6)73)82-57-54(83-53-24-34(66)21-36(28-63)76-53)44(70)25-38(78-57)32-75-56-46(72)27-43(69)48(30-65)80-56)39-17-18-62(10-2)49-14-12-40-41(60(49,7)19-20-61(39,62)8)13-16-50(58(40,3)4)81-52-23-35(67)22-37(77-52)31-74-55-45(71)26-42(68)47(29-64)79-55/h2,12,33-39,41-57,63-73H,9,11,13-32H2,1,3-8H3/t33-,34+,35+,36+,37+,38+,39?,41?,42+,43+,44+,45-,46-,47-,48-,49?,50+,51-,52+,53+,54?,55+,56+,57+,60+,61-,62+/m1/s1. The van der Waals surface area contributed by atoms with E-state index < -0.39 is 136 Å². The Morgan fingerprint density at radius 1 is 0.651 bits per heavy atom. The van der Waals surface area contributed by atoms with Crippen LogP contribution in [0.5, 0.6) is 0 Å². The van der Waals surface area contributed by atoms with E-state index in [2.05, 4.69) is 46.6 Å². The van der Waals surface area contributed by atoms with Crippen molar-refractivity contribution in [1.29, 1.82) is 0 Å². The summed E-state index contributed by atoms with van der Waals surface area (Å²) in [7, 11) is 0. The molecule has 0 bridgehead atoms. The molecular formula is C62H102O21. The van der Waals surface area contributed by atoms with Gasteiger partial charge in [0.1, 0.15) is 30.5 Å². The molecule has 4 unspecified atom stereocenters. The molecule has 3 saturated carbocycles. The van der Waals surface area contributed by atoms with Crippen molar-refractivity contribution in [1.82, 2.24) is 0 Å². The fourth-order valence-corrected chi connectivity index (χ4v) is 17.1. The van der Waals surface area contributed by atoms with Crippen molar-refractivity contribution in [3.8, 4) is 12.3 Å². The molecular weight excluding hydrogens is 1080 g/mol. The molecule has 11 N–H and O–H groups in total. The smallest absolute Gasteiger partial charge is 0.187 e. The van der Waals surface area contributed by atoms with Gasteiger partial charge >= 0.3 is 0 Å². The van der Waals surface area contributed by atoms with Crippen molar-refractivity contribution in [2.45, 2.75) is 286 Å². The lowest BCUT2D eigenvalue weighted by Gasteiger charge is -2.65. The summed E-state index contributed by atoms with van der Waals surface area (Å²) in [4.78, 5) is 0. The molecule has 5 heterocycles. The number of aliphatic hydroxyl groups excluding tert-OH is 10. The Morgan fingerprint density at radius 2 is 1.24 bits per heavy atom. The molecule has 476 valence electrons. The first-order valence-corrected chi connectivity index (χ1v) is 31.3. The number of fused-ring (bicyclic) bond motifs is 5. The molecule has 8 fully saturated rings. The summed E-state index contributed by atoms with van der Waals surface area (Å²) in [6, 6.07) is 0. The van der Waals surface area contributed by atoms with E-state index in [0.29, 0.717) is 31.6 Å². The van der Waals surface area contributed by atoms with Crippen LogP contribution in [-0.2, 0) is 47.4 Å². The number of ether oxygens (including phenoxy) is 10.